The number of aromatic amines is 1. The summed E-state index contributed by atoms with van der Waals surface area (Å²) >= 11 is 0. The average Bonchev–Trinajstić information content (AvgIpc) is 3.25. The molecule has 3 N–H and O–H groups in total. The highest BCUT2D eigenvalue weighted by Gasteiger charge is 2.15. The summed E-state index contributed by atoms with van der Waals surface area (Å²) in [7, 11) is 0. The maximum absolute atomic E-state index is 8.97. The number of nitrogens with one attached hydrogen (secondary N) is 3. The van der Waals surface area contributed by atoms with Crippen LogP contribution in [0, 0.1) is 18.3 Å². The molecule has 30 heavy (non-hydrogen) atoms. The fourth-order valence-electron chi connectivity index (χ4n) is 3.70. The maximum atomic E-state index is 8.97. The van der Waals surface area contributed by atoms with Gasteiger partial charge in [-0.15, -0.1) is 0 Å². The number of anilines is 4. The molecule has 2 aromatic carbocycles. The normalized spacial score (nSPS) is 12.4. The predicted octanol–water partition coefficient (Wildman–Crippen LogP) is 4.98. The predicted molar refractivity (Wildman–Crippen MR) is 118 cm³/mol. The van der Waals surface area contributed by atoms with Gasteiger partial charge in [0.15, 0.2) is 11.5 Å². The van der Waals surface area contributed by atoms with E-state index < -0.39 is 0 Å². The number of allylic oxidation sites excluding steroid dienone is 1. The van der Waals surface area contributed by atoms with E-state index in [1.807, 2.05) is 12.1 Å². The summed E-state index contributed by atoms with van der Waals surface area (Å²) < 4.78 is 0. The number of rotatable bonds is 4. The molecule has 0 atom stereocenters. The Kier molecular flexibility index (Phi) is 4.37. The highest BCUT2D eigenvalue weighted by Crippen LogP contribution is 2.32. The van der Waals surface area contributed by atoms with Crippen LogP contribution in [0.4, 0.5) is 23.1 Å². The molecule has 0 unspecified atom stereocenters. The topological polar surface area (TPSA) is 102 Å². The number of H-pyrrole nitrogens is 1. The summed E-state index contributed by atoms with van der Waals surface area (Å²) in [6, 6.07) is 13.5. The van der Waals surface area contributed by atoms with E-state index in [0.717, 1.165) is 29.7 Å². The highest BCUT2D eigenvalue weighted by atomic mass is 15.2. The Balaban J connectivity index is 1.53. The van der Waals surface area contributed by atoms with E-state index >= 15 is 0 Å². The van der Waals surface area contributed by atoms with Gasteiger partial charge in [-0.05, 0) is 61.2 Å². The molecule has 0 amide bonds. The third kappa shape index (κ3) is 3.25. The average molecular weight is 393 g/mol. The minimum absolute atomic E-state index is 0.429. The molecule has 0 fully saturated rings. The van der Waals surface area contributed by atoms with Crippen LogP contribution in [0.3, 0.4) is 0 Å². The zero-order valence-corrected chi connectivity index (χ0v) is 16.4. The number of nitrogens with zero attached hydrogens (tertiary/aromatic N) is 4. The van der Waals surface area contributed by atoms with Gasteiger partial charge in [0, 0.05) is 16.9 Å². The minimum atomic E-state index is 0.429. The number of imidazole rings is 1. The van der Waals surface area contributed by atoms with Crippen molar-refractivity contribution in [2.45, 2.75) is 19.8 Å². The summed E-state index contributed by atoms with van der Waals surface area (Å²) in [4.78, 5) is 16.6. The molecule has 7 nitrogen and oxygen atoms in total. The summed E-state index contributed by atoms with van der Waals surface area (Å²) in [6.07, 6.45) is 8.10. The van der Waals surface area contributed by atoms with E-state index in [1.54, 1.807) is 18.5 Å². The van der Waals surface area contributed by atoms with Crippen molar-refractivity contribution < 1.29 is 0 Å². The van der Waals surface area contributed by atoms with Crippen LogP contribution in [0.1, 0.15) is 28.7 Å². The number of aryl methyl sites for hydroxylation is 1. The molecule has 4 aromatic rings. The van der Waals surface area contributed by atoms with Crippen LogP contribution in [-0.4, -0.2) is 19.9 Å². The van der Waals surface area contributed by atoms with Gasteiger partial charge in [0.1, 0.15) is 5.52 Å². The Morgan fingerprint density at radius 3 is 2.77 bits per heavy atom. The second kappa shape index (κ2) is 7.33. The molecule has 146 valence electrons. The lowest BCUT2D eigenvalue weighted by molar-refractivity contribution is 0.971. The second-order valence-electron chi connectivity index (χ2n) is 7.20. The molecule has 0 bridgehead atoms. The van der Waals surface area contributed by atoms with Crippen molar-refractivity contribution in [3.63, 3.8) is 0 Å². The molecule has 0 radical (unpaired) electrons. The summed E-state index contributed by atoms with van der Waals surface area (Å²) in [5.74, 6) is 1.08. The molecule has 0 spiro atoms. The van der Waals surface area contributed by atoms with E-state index in [9.17, 15) is 0 Å². The molecule has 1 aliphatic carbocycles. The SMILES string of the molecule is Cc1ccc(Nc2nc(Nc3ccc(C#N)cc3)nc3nc[nH]c23)c2c1CCC=C2. The smallest absolute Gasteiger partial charge is 0.231 e. The number of hydrogen-bond acceptors (Lipinski definition) is 6. The van der Waals surface area contributed by atoms with Gasteiger partial charge in [-0.3, -0.25) is 0 Å². The summed E-state index contributed by atoms with van der Waals surface area (Å²) in [5, 5.41) is 15.6. The van der Waals surface area contributed by atoms with Crippen molar-refractivity contribution in [1.29, 1.82) is 5.26 Å². The largest absolute Gasteiger partial charge is 0.340 e. The molecule has 5 rings (SSSR count). The number of nitriles is 1. The lowest BCUT2D eigenvalue weighted by atomic mass is 9.92. The van der Waals surface area contributed by atoms with Crippen LogP contribution >= 0.6 is 0 Å². The van der Waals surface area contributed by atoms with Crippen molar-refractivity contribution in [2.24, 2.45) is 0 Å². The zero-order valence-electron chi connectivity index (χ0n) is 16.4. The molecule has 0 aliphatic heterocycles. The van der Waals surface area contributed by atoms with Crippen molar-refractivity contribution in [2.75, 3.05) is 10.6 Å². The first-order valence-electron chi connectivity index (χ1n) is 9.75. The third-order valence-electron chi connectivity index (χ3n) is 5.25. The van der Waals surface area contributed by atoms with Crippen LogP contribution in [-0.2, 0) is 6.42 Å². The van der Waals surface area contributed by atoms with Crippen LogP contribution in [0.15, 0.2) is 48.8 Å². The van der Waals surface area contributed by atoms with Crippen LogP contribution in [0.5, 0.6) is 0 Å². The molecule has 0 saturated carbocycles. The van der Waals surface area contributed by atoms with Gasteiger partial charge in [0.2, 0.25) is 5.95 Å². The number of fused-ring (bicyclic) bond motifs is 2. The summed E-state index contributed by atoms with van der Waals surface area (Å²) in [6.45, 7) is 2.15. The van der Waals surface area contributed by atoms with E-state index in [1.165, 1.54) is 16.7 Å². The molecule has 2 heterocycles. The quantitative estimate of drug-likeness (QED) is 0.452. The first kappa shape index (κ1) is 17.9. The van der Waals surface area contributed by atoms with Gasteiger partial charge in [-0.2, -0.15) is 15.2 Å². The zero-order chi connectivity index (χ0) is 20.5. The molecule has 0 saturated heterocycles. The Hall–Kier alpha value is -4.18. The van der Waals surface area contributed by atoms with Crippen molar-refractivity contribution in [3.8, 4) is 6.07 Å². The number of aromatic nitrogens is 4. The molecular formula is C23H19N7. The van der Waals surface area contributed by atoms with Crippen LogP contribution < -0.4 is 10.6 Å². The molecule has 1 aliphatic rings. The first-order chi connectivity index (χ1) is 14.7. The third-order valence-corrected chi connectivity index (χ3v) is 5.25. The highest BCUT2D eigenvalue weighted by molar-refractivity contribution is 5.88. The fourth-order valence-corrected chi connectivity index (χ4v) is 3.70. The monoisotopic (exact) mass is 393 g/mol. The van der Waals surface area contributed by atoms with Gasteiger partial charge in [0.25, 0.3) is 0 Å². The van der Waals surface area contributed by atoms with Crippen molar-refractivity contribution in [3.05, 3.63) is 71.1 Å². The van der Waals surface area contributed by atoms with Crippen molar-refractivity contribution in [1.82, 2.24) is 19.9 Å². The van der Waals surface area contributed by atoms with E-state index in [2.05, 4.69) is 67.8 Å². The van der Waals surface area contributed by atoms with Crippen LogP contribution in [0.25, 0.3) is 17.2 Å². The Bertz CT molecular complexity index is 1310. The second-order valence-corrected chi connectivity index (χ2v) is 7.20. The van der Waals surface area contributed by atoms with Crippen molar-refractivity contribution >= 4 is 40.4 Å². The molecule has 2 aromatic heterocycles. The lowest BCUT2D eigenvalue weighted by Gasteiger charge is -2.19. The Labute approximate surface area is 173 Å². The maximum Gasteiger partial charge on any atom is 0.231 e. The number of hydrogen-bond donors (Lipinski definition) is 3. The minimum Gasteiger partial charge on any atom is -0.340 e. The first-order valence-corrected chi connectivity index (χ1v) is 9.75. The van der Waals surface area contributed by atoms with E-state index in [4.69, 9.17) is 5.26 Å². The molecular weight excluding hydrogens is 374 g/mol. The van der Waals surface area contributed by atoms with Gasteiger partial charge in [0.05, 0.1) is 18.0 Å². The van der Waals surface area contributed by atoms with Gasteiger partial charge >= 0.3 is 0 Å². The Morgan fingerprint density at radius 2 is 1.93 bits per heavy atom. The number of benzene rings is 2. The lowest BCUT2D eigenvalue weighted by Crippen LogP contribution is -2.05. The van der Waals surface area contributed by atoms with Gasteiger partial charge in [-0.1, -0.05) is 18.2 Å². The van der Waals surface area contributed by atoms with Gasteiger partial charge in [-0.25, -0.2) is 4.98 Å². The Morgan fingerprint density at radius 1 is 1.07 bits per heavy atom. The van der Waals surface area contributed by atoms with E-state index in [0.29, 0.717) is 23.0 Å². The van der Waals surface area contributed by atoms with Crippen LogP contribution in [0.2, 0.25) is 0 Å². The molecule has 7 heteroatoms. The van der Waals surface area contributed by atoms with E-state index in [-0.39, 0.29) is 0 Å². The summed E-state index contributed by atoms with van der Waals surface area (Å²) in [5.41, 5.74) is 7.59. The fraction of sp³-hybridized carbons (Fsp3) is 0.130. The van der Waals surface area contributed by atoms with Gasteiger partial charge < -0.3 is 15.6 Å². The standard InChI is InChI=1S/C23H19N7/c1-14-6-11-19(18-5-3-2-4-17(14)18)28-22-20-21(26-13-25-20)29-23(30-22)27-16-9-7-15(12-24)8-10-16/h3,5-11,13H,2,4H2,1H3,(H3,25,26,27,28,29,30).